The molecule has 3 aromatic heterocycles. The van der Waals surface area contributed by atoms with Crippen LogP contribution in [-0.4, -0.2) is 100 Å². The second-order valence-electron chi connectivity index (χ2n) is 11.7. The maximum absolute atomic E-state index is 12.8. The number of fused-ring (bicyclic) bond motifs is 1. The van der Waals surface area contributed by atoms with E-state index in [0.717, 1.165) is 93.0 Å². The third-order valence-corrected chi connectivity index (χ3v) is 9.41. The maximum Gasteiger partial charge on any atom is 0.225 e. The Hall–Kier alpha value is -3.05. The van der Waals surface area contributed by atoms with Crippen LogP contribution in [0.1, 0.15) is 38.2 Å². The Bertz CT molecular complexity index is 1320. The molecule has 0 aromatic carbocycles. The Kier molecular flexibility index (Phi) is 7.52. The number of rotatable bonds is 7. The van der Waals surface area contributed by atoms with E-state index in [-0.39, 0.29) is 36.1 Å². The lowest BCUT2D eigenvalue weighted by molar-refractivity contribution is -0.139. The summed E-state index contributed by atoms with van der Waals surface area (Å²) in [5.41, 5.74) is 10.7. The summed E-state index contributed by atoms with van der Waals surface area (Å²) in [6.07, 6.45) is 9.19. The van der Waals surface area contributed by atoms with Gasteiger partial charge in [0.15, 0.2) is 0 Å². The lowest BCUT2D eigenvalue weighted by atomic mass is 9.80. The molecular formula is C30H41N7O3. The molecule has 1 aliphatic carbocycles. The molecule has 1 atom stereocenters. The minimum absolute atomic E-state index is 0.114. The standard InChI is InChI=1S/C30H41N7O3/c1-21(20-38)34-9-6-30(40-2,7-10-34)24-3-4-26(32-18-24)23-17-28-27(5-8-33-37(28)19-23)35-11-13-36(14-12-35)29(39)22-15-25(31)16-22/h3-5,8,17-19,21-22,25,38H,6-7,9-16,20,31H2,1-2H3/t21-,22-,25-/m0/s1. The quantitative estimate of drug-likeness (QED) is 0.463. The smallest absolute Gasteiger partial charge is 0.225 e. The third-order valence-electron chi connectivity index (χ3n) is 9.41. The molecule has 214 valence electrons. The summed E-state index contributed by atoms with van der Waals surface area (Å²) < 4.78 is 7.99. The predicted octanol–water partition coefficient (Wildman–Crippen LogP) is 2.10. The van der Waals surface area contributed by atoms with E-state index in [2.05, 4.69) is 46.1 Å². The fraction of sp³-hybridized carbons (Fsp3) is 0.567. The molecule has 1 amide bonds. The fourth-order valence-electron chi connectivity index (χ4n) is 6.58. The molecule has 5 heterocycles. The van der Waals surface area contributed by atoms with Gasteiger partial charge in [-0.15, -0.1) is 0 Å². The van der Waals surface area contributed by atoms with Gasteiger partial charge in [0.2, 0.25) is 5.91 Å². The first kappa shape index (κ1) is 27.1. The van der Waals surface area contributed by atoms with E-state index in [4.69, 9.17) is 15.5 Å². The number of anilines is 1. The number of methoxy groups -OCH3 is 1. The van der Waals surface area contributed by atoms with Gasteiger partial charge in [-0.1, -0.05) is 6.07 Å². The SMILES string of the molecule is COC1(c2ccc(-c3cc4c(N5CCN(C(=O)[C@H]6C[C@H](N)C6)CC5)ccnn4c3)nc2)CCN([C@@H](C)CO)CC1. The number of piperidine rings is 1. The van der Waals surface area contributed by atoms with Gasteiger partial charge >= 0.3 is 0 Å². The third kappa shape index (κ3) is 4.98. The van der Waals surface area contributed by atoms with Crippen molar-refractivity contribution in [3.05, 3.63) is 48.4 Å². The molecule has 3 aliphatic rings. The summed E-state index contributed by atoms with van der Waals surface area (Å²) >= 11 is 0. The molecule has 0 unspecified atom stereocenters. The van der Waals surface area contributed by atoms with Crippen molar-refractivity contribution in [3.63, 3.8) is 0 Å². The van der Waals surface area contributed by atoms with Gasteiger partial charge in [-0.25, -0.2) is 4.52 Å². The minimum atomic E-state index is -0.356. The summed E-state index contributed by atoms with van der Waals surface area (Å²) in [5.74, 6) is 0.379. The van der Waals surface area contributed by atoms with E-state index >= 15 is 0 Å². The Balaban J connectivity index is 1.16. The number of aromatic nitrogens is 3. The van der Waals surface area contributed by atoms with Gasteiger partial charge in [0.05, 0.1) is 29.1 Å². The van der Waals surface area contributed by atoms with E-state index < -0.39 is 0 Å². The first-order valence-electron chi connectivity index (χ1n) is 14.5. The van der Waals surface area contributed by atoms with Gasteiger partial charge in [0.25, 0.3) is 0 Å². The second-order valence-corrected chi connectivity index (χ2v) is 11.7. The number of carbonyl (C=O) groups is 1. The first-order valence-corrected chi connectivity index (χ1v) is 14.5. The van der Waals surface area contributed by atoms with Gasteiger partial charge in [-0.3, -0.25) is 14.7 Å². The van der Waals surface area contributed by atoms with E-state index in [1.54, 1.807) is 7.11 Å². The van der Waals surface area contributed by atoms with Crippen molar-refractivity contribution in [2.45, 2.75) is 50.3 Å². The van der Waals surface area contributed by atoms with Crippen LogP contribution >= 0.6 is 0 Å². The summed E-state index contributed by atoms with van der Waals surface area (Å²) in [4.78, 5) is 24.3. The van der Waals surface area contributed by atoms with Crippen molar-refractivity contribution in [2.24, 2.45) is 11.7 Å². The average Bonchev–Trinajstić information content (AvgIpc) is 3.44. The molecule has 10 nitrogen and oxygen atoms in total. The summed E-state index contributed by atoms with van der Waals surface area (Å²) in [5, 5.41) is 14.1. The monoisotopic (exact) mass is 547 g/mol. The van der Waals surface area contributed by atoms with Crippen LogP contribution in [-0.2, 0) is 15.1 Å². The van der Waals surface area contributed by atoms with Gasteiger partial charge in [-0.05, 0) is 50.8 Å². The number of ether oxygens (including phenoxy) is 1. The van der Waals surface area contributed by atoms with Gasteiger partial charge in [-0.2, -0.15) is 5.10 Å². The molecule has 3 N–H and O–H groups in total. The Morgan fingerprint density at radius 3 is 2.52 bits per heavy atom. The highest BCUT2D eigenvalue weighted by atomic mass is 16.5. The second kappa shape index (κ2) is 11.1. The fourth-order valence-corrected chi connectivity index (χ4v) is 6.58. The molecular weight excluding hydrogens is 506 g/mol. The van der Waals surface area contributed by atoms with Crippen molar-refractivity contribution in [1.29, 1.82) is 0 Å². The van der Waals surface area contributed by atoms with E-state index in [0.29, 0.717) is 0 Å². The maximum atomic E-state index is 12.8. The molecule has 1 saturated carbocycles. The van der Waals surface area contributed by atoms with E-state index in [9.17, 15) is 9.90 Å². The number of nitrogens with two attached hydrogens (primary N) is 1. The number of aliphatic hydroxyl groups is 1. The first-order chi connectivity index (χ1) is 19.4. The van der Waals surface area contributed by atoms with Crippen LogP contribution in [0.4, 0.5) is 5.69 Å². The topological polar surface area (TPSA) is 112 Å². The van der Waals surface area contributed by atoms with Crippen molar-refractivity contribution in [1.82, 2.24) is 24.4 Å². The van der Waals surface area contributed by atoms with Gasteiger partial charge < -0.3 is 25.4 Å². The zero-order valence-electron chi connectivity index (χ0n) is 23.6. The number of hydrogen-bond acceptors (Lipinski definition) is 8. The van der Waals surface area contributed by atoms with Crippen LogP contribution in [0.3, 0.4) is 0 Å². The van der Waals surface area contributed by atoms with Crippen LogP contribution < -0.4 is 10.6 Å². The number of nitrogens with zero attached hydrogens (tertiary/aromatic N) is 6. The number of carbonyl (C=O) groups excluding carboxylic acids is 1. The predicted molar refractivity (Wildman–Crippen MR) is 154 cm³/mol. The highest BCUT2D eigenvalue weighted by Crippen LogP contribution is 2.37. The van der Waals surface area contributed by atoms with E-state index in [1.807, 2.05) is 28.0 Å². The molecule has 3 aromatic rings. The van der Waals surface area contributed by atoms with Crippen molar-refractivity contribution in [2.75, 3.05) is 57.9 Å². The van der Waals surface area contributed by atoms with Crippen LogP contribution in [0.15, 0.2) is 42.9 Å². The van der Waals surface area contributed by atoms with E-state index in [1.165, 1.54) is 0 Å². The lowest BCUT2D eigenvalue weighted by Crippen LogP contribution is -2.53. The Morgan fingerprint density at radius 2 is 1.90 bits per heavy atom. The van der Waals surface area contributed by atoms with Crippen LogP contribution in [0.2, 0.25) is 0 Å². The average molecular weight is 548 g/mol. The zero-order valence-corrected chi connectivity index (χ0v) is 23.6. The van der Waals surface area contributed by atoms with Crippen molar-refractivity contribution >= 4 is 17.1 Å². The summed E-state index contributed by atoms with van der Waals surface area (Å²) in [6.45, 7) is 7.05. The van der Waals surface area contributed by atoms with Crippen LogP contribution in [0.5, 0.6) is 0 Å². The van der Waals surface area contributed by atoms with Gasteiger partial charge in [0.1, 0.15) is 0 Å². The highest BCUT2D eigenvalue weighted by Gasteiger charge is 2.38. The largest absolute Gasteiger partial charge is 0.395 e. The Labute approximate surface area is 235 Å². The number of likely N-dealkylation sites (tertiary alicyclic amines) is 1. The highest BCUT2D eigenvalue weighted by molar-refractivity contribution is 5.81. The molecule has 3 fully saturated rings. The number of piperazine rings is 1. The number of hydrogen-bond donors (Lipinski definition) is 2. The molecule has 0 spiro atoms. The summed E-state index contributed by atoms with van der Waals surface area (Å²) in [6, 6.07) is 8.78. The molecule has 40 heavy (non-hydrogen) atoms. The minimum Gasteiger partial charge on any atom is -0.395 e. The Morgan fingerprint density at radius 1 is 1.15 bits per heavy atom. The lowest BCUT2D eigenvalue weighted by Gasteiger charge is -2.42. The summed E-state index contributed by atoms with van der Waals surface area (Å²) in [7, 11) is 1.78. The molecule has 0 bridgehead atoms. The number of pyridine rings is 1. The molecule has 0 radical (unpaired) electrons. The number of amides is 1. The van der Waals surface area contributed by atoms with Crippen molar-refractivity contribution < 1.29 is 14.6 Å². The molecule has 6 rings (SSSR count). The molecule has 2 saturated heterocycles. The van der Waals surface area contributed by atoms with Crippen LogP contribution in [0, 0.1) is 5.92 Å². The van der Waals surface area contributed by atoms with Crippen LogP contribution in [0.25, 0.3) is 16.8 Å². The molecule has 2 aliphatic heterocycles. The normalized spacial score (nSPS) is 24.2. The van der Waals surface area contributed by atoms with Crippen molar-refractivity contribution in [3.8, 4) is 11.3 Å². The zero-order chi connectivity index (χ0) is 27.9. The number of aliphatic hydroxyl groups excluding tert-OH is 1. The molecule has 10 heteroatoms. The van der Waals surface area contributed by atoms with Gasteiger partial charge in [0, 0.05) is 94.1 Å².